The molecule has 1 saturated heterocycles. The molecule has 0 spiro atoms. The largest absolute Gasteiger partial charge is 0.383 e. The molecule has 0 bridgehead atoms. The minimum absolute atomic E-state index is 0. The summed E-state index contributed by atoms with van der Waals surface area (Å²) >= 11 is 0. The van der Waals surface area contributed by atoms with Crippen molar-refractivity contribution in [2.45, 2.75) is 0 Å². The summed E-state index contributed by atoms with van der Waals surface area (Å²) in [6, 6.07) is -0.343. The highest BCUT2D eigenvalue weighted by molar-refractivity contribution is 14.0. The van der Waals surface area contributed by atoms with E-state index in [1.807, 2.05) is 0 Å². The number of carbonyl (C=O) groups excluding carboxylic acids is 2. The van der Waals surface area contributed by atoms with Crippen molar-refractivity contribution in [3.63, 3.8) is 0 Å². The number of hydrogen-bond donors (Lipinski definition) is 3. The maximum atomic E-state index is 11.3. The van der Waals surface area contributed by atoms with E-state index >= 15 is 0 Å². The molecular formula is C10H20IN5O3. The molecule has 19 heavy (non-hydrogen) atoms. The van der Waals surface area contributed by atoms with Crippen LogP contribution in [-0.2, 0) is 9.53 Å². The molecule has 0 aromatic heterocycles. The van der Waals surface area contributed by atoms with Crippen LogP contribution in [0.4, 0.5) is 4.79 Å². The molecule has 0 saturated carbocycles. The van der Waals surface area contributed by atoms with Crippen molar-refractivity contribution in [2.75, 3.05) is 46.9 Å². The van der Waals surface area contributed by atoms with Crippen molar-refractivity contribution in [1.82, 2.24) is 20.9 Å². The lowest BCUT2D eigenvalue weighted by Crippen LogP contribution is -2.43. The summed E-state index contributed by atoms with van der Waals surface area (Å²) < 4.78 is 4.90. The Morgan fingerprint density at radius 3 is 2.63 bits per heavy atom. The first-order chi connectivity index (χ1) is 8.69. The molecular weight excluding hydrogens is 365 g/mol. The number of carbonyl (C=O) groups is 2. The van der Waals surface area contributed by atoms with E-state index in [0.29, 0.717) is 32.2 Å². The molecule has 1 aliphatic rings. The molecule has 1 heterocycles. The number of methoxy groups -OCH3 is 1. The van der Waals surface area contributed by atoms with Gasteiger partial charge in [0.15, 0.2) is 5.96 Å². The number of rotatable bonds is 6. The average molecular weight is 385 g/mol. The van der Waals surface area contributed by atoms with Crippen molar-refractivity contribution < 1.29 is 14.3 Å². The number of ether oxygens (including phenoxy) is 1. The van der Waals surface area contributed by atoms with Crippen LogP contribution in [0, 0.1) is 0 Å². The SMILES string of the molecule is CN=C(NCCOC)NCCN1C(=O)CNC1=O.I. The smallest absolute Gasteiger partial charge is 0.324 e. The second-order valence-corrected chi connectivity index (χ2v) is 3.62. The fourth-order valence-corrected chi connectivity index (χ4v) is 1.46. The Balaban J connectivity index is 0.00000324. The van der Waals surface area contributed by atoms with Crippen molar-refractivity contribution >= 4 is 41.9 Å². The van der Waals surface area contributed by atoms with Gasteiger partial charge in [-0.2, -0.15) is 0 Å². The molecule has 1 fully saturated rings. The number of aliphatic imine (C=N–C) groups is 1. The maximum Gasteiger partial charge on any atom is 0.324 e. The molecule has 110 valence electrons. The Morgan fingerprint density at radius 1 is 1.42 bits per heavy atom. The molecule has 3 N–H and O–H groups in total. The fraction of sp³-hybridized carbons (Fsp3) is 0.700. The van der Waals surface area contributed by atoms with Gasteiger partial charge in [-0.05, 0) is 0 Å². The summed E-state index contributed by atoms with van der Waals surface area (Å²) in [6.45, 7) is 2.06. The molecule has 3 amide bonds. The third kappa shape index (κ3) is 6.05. The number of imide groups is 1. The van der Waals surface area contributed by atoms with Crippen LogP contribution >= 0.6 is 24.0 Å². The summed E-state index contributed by atoms with van der Waals surface area (Å²) in [7, 11) is 3.27. The Hall–Kier alpha value is -1.10. The molecule has 1 rings (SSSR count). The summed E-state index contributed by atoms with van der Waals surface area (Å²) in [5, 5.41) is 8.49. The predicted octanol–water partition coefficient (Wildman–Crippen LogP) is -1.03. The lowest BCUT2D eigenvalue weighted by Gasteiger charge is -2.15. The normalized spacial score (nSPS) is 15.1. The van der Waals surface area contributed by atoms with Crippen molar-refractivity contribution in [3.05, 3.63) is 0 Å². The van der Waals surface area contributed by atoms with Crippen LogP contribution in [-0.4, -0.2) is 69.7 Å². The van der Waals surface area contributed by atoms with Gasteiger partial charge in [0.25, 0.3) is 0 Å². The zero-order valence-corrected chi connectivity index (χ0v) is 13.4. The molecule has 9 heteroatoms. The van der Waals surface area contributed by atoms with Crippen molar-refractivity contribution in [2.24, 2.45) is 4.99 Å². The average Bonchev–Trinajstić information content (AvgIpc) is 2.68. The van der Waals surface area contributed by atoms with Crippen LogP contribution in [0.5, 0.6) is 0 Å². The van der Waals surface area contributed by atoms with E-state index in [0.717, 1.165) is 0 Å². The summed E-state index contributed by atoms with van der Waals surface area (Å²) in [6.07, 6.45) is 0. The van der Waals surface area contributed by atoms with Gasteiger partial charge in [0.1, 0.15) is 0 Å². The van der Waals surface area contributed by atoms with E-state index in [4.69, 9.17) is 4.74 Å². The van der Waals surface area contributed by atoms with Crippen LogP contribution in [0.2, 0.25) is 0 Å². The predicted molar refractivity (Wildman–Crippen MR) is 81.8 cm³/mol. The Morgan fingerprint density at radius 2 is 2.11 bits per heavy atom. The molecule has 0 atom stereocenters. The quantitative estimate of drug-likeness (QED) is 0.179. The summed E-state index contributed by atoms with van der Waals surface area (Å²) in [4.78, 5) is 27.7. The first kappa shape index (κ1) is 17.9. The lowest BCUT2D eigenvalue weighted by molar-refractivity contribution is -0.124. The number of nitrogens with zero attached hydrogens (tertiary/aromatic N) is 2. The van der Waals surface area contributed by atoms with Gasteiger partial charge in [-0.3, -0.25) is 14.7 Å². The van der Waals surface area contributed by atoms with E-state index in [1.165, 1.54) is 4.90 Å². The van der Waals surface area contributed by atoms with Gasteiger partial charge in [-0.25, -0.2) is 4.79 Å². The second kappa shape index (κ2) is 9.78. The highest BCUT2D eigenvalue weighted by Gasteiger charge is 2.27. The molecule has 0 radical (unpaired) electrons. The summed E-state index contributed by atoms with van der Waals surface area (Å²) in [5.41, 5.74) is 0. The highest BCUT2D eigenvalue weighted by Crippen LogP contribution is 1.96. The second-order valence-electron chi connectivity index (χ2n) is 3.62. The topological polar surface area (TPSA) is 95.1 Å². The Bertz CT molecular complexity index is 321. The first-order valence-corrected chi connectivity index (χ1v) is 5.70. The van der Waals surface area contributed by atoms with Crippen LogP contribution in [0.15, 0.2) is 4.99 Å². The molecule has 1 aliphatic heterocycles. The maximum absolute atomic E-state index is 11.3. The van der Waals surface area contributed by atoms with E-state index < -0.39 is 0 Å². The van der Waals surface area contributed by atoms with Crippen molar-refractivity contribution in [3.8, 4) is 0 Å². The number of amides is 3. The third-order valence-electron chi connectivity index (χ3n) is 2.39. The van der Waals surface area contributed by atoms with E-state index in [2.05, 4.69) is 20.9 Å². The zero-order chi connectivity index (χ0) is 13.4. The van der Waals surface area contributed by atoms with Crippen LogP contribution in [0.3, 0.4) is 0 Å². The first-order valence-electron chi connectivity index (χ1n) is 5.70. The van der Waals surface area contributed by atoms with Gasteiger partial charge in [-0.1, -0.05) is 0 Å². The fourth-order valence-electron chi connectivity index (χ4n) is 1.46. The minimum Gasteiger partial charge on any atom is -0.383 e. The zero-order valence-electron chi connectivity index (χ0n) is 11.1. The van der Waals surface area contributed by atoms with Gasteiger partial charge < -0.3 is 20.7 Å². The molecule has 0 aliphatic carbocycles. The minimum atomic E-state index is -0.343. The van der Waals surface area contributed by atoms with Crippen LogP contribution < -0.4 is 16.0 Å². The number of guanidine groups is 1. The standard InChI is InChI=1S/C10H19N5O3.HI/c1-11-9(13-4-6-18-2)12-3-5-15-8(16)7-14-10(15)17;/h3-7H2,1-2H3,(H,14,17)(H2,11,12,13);1H. The Labute approximate surface area is 129 Å². The van der Waals surface area contributed by atoms with Crippen LogP contribution in [0.25, 0.3) is 0 Å². The van der Waals surface area contributed by atoms with E-state index in [9.17, 15) is 9.59 Å². The van der Waals surface area contributed by atoms with Gasteiger partial charge >= 0.3 is 6.03 Å². The number of hydrogen-bond acceptors (Lipinski definition) is 4. The molecule has 0 aromatic carbocycles. The van der Waals surface area contributed by atoms with Gasteiger partial charge in [0.2, 0.25) is 5.91 Å². The highest BCUT2D eigenvalue weighted by atomic mass is 127. The molecule has 8 nitrogen and oxygen atoms in total. The lowest BCUT2D eigenvalue weighted by atomic mass is 10.5. The van der Waals surface area contributed by atoms with Gasteiger partial charge in [0, 0.05) is 33.8 Å². The van der Waals surface area contributed by atoms with E-state index in [1.54, 1.807) is 14.2 Å². The summed E-state index contributed by atoms with van der Waals surface area (Å²) in [5.74, 6) is 0.406. The number of halogens is 1. The van der Waals surface area contributed by atoms with Gasteiger partial charge in [-0.15, -0.1) is 24.0 Å². The monoisotopic (exact) mass is 385 g/mol. The molecule has 0 unspecified atom stereocenters. The Kier molecular flexibility index (Phi) is 9.21. The third-order valence-corrected chi connectivity index (χ3v) is 2.39. The van der Waals surface area contributed by atoms with Crippen molar-refractivity contribution in [1.29, 1.82) is 0 Å². The number of nitrogens with one attached hydrogen (secondary N) is 3. The number of urea groups is 1. The molecule has 0 aromatic rings. The van der Waals surface area contributed by atoms with Crippen LogP contribution in [0.1, 0.15) is 0 Å². The van der Waals surface area contributed by atoms with E-state index in [-0.39, 0.29) is 42.5 Å². The van der Waals surface area contributed by atoms with Gasteiger partial charge in [0.05, 0.1) is 13.2 Å².